The third kappa shape index (κ3) is 7.56. The summed E-state index contributed by atoms with van der Waals surface area (Å²) in [6.07, 6.45) is 1.29. The van der Waals surface area contributed by atoms with E-state index in [4.69, 9.17) is 4.43 Å². The van der Waals surface area contributed by atoms with E-state index in [-0.39, 0.29) is 0 Å². The molecule has 0 spiro atoms. The monoisotopic (exact) mass is 323 g/mol. The summed E-state index contributed by atoms with van der Waals surface area (Å²) in [4.78, 5) is 0. The fraction of sp³-hybridized carbons (Fsp3) is 1.00. The van der Waals surface area contributed by atoms with Crippen LogP contribution < -0.4 is 0 Å². The first-order valence-electron chi connectivity index (χ1n) is 7.11. The highest BCUT2D eigenvalue weighted by atomic mass is 31.3. The minimum atomic E-state index is -1.47. The number of rotatable bonds is 8. The molecule has 0 aliphatic carbocycles. The summed E-state index contributed by atoms with van der Waals surface area (Å²) in [6, 6.07) is 1.26. The van der Waals surface area contributed by atoms with E-state index < -0.39 is 24.5 Å². The highest BCUT2D eigenvalue weighted by Crippen LogP contribution is 2.25. The molecular weight excluding hydrogens is 289 g/mol. The molecule has 2 atom stereocenters. The lowest BCUT2D eigenvalue weighted by Gasteiger charge is -2.44. The summed E-state index contributed by atoms with van der Waals surface area (Å²) in [5, 5.41) is 0. The maximum Gasteiger partial charge on any atom is 0.209 e. The summed E-state index contributed by atoms with van der Waals surface area (Å²) in [5.74, 6) is 0. The first-order valence-corrected chi connectivity index (χ1v) is 18.4. The van der Waals surface area contributed by atoms with Crippen molar-refractivity contribution in [3.8, 4) is 0 Å². The van der Waals surface area contributed by atoms with Crippen LogP contribution in [0.5, 0.6) is 0 Å². The standard InChI is InChI=1S/C12H34NOPSi3/c1-9-14-18(8,15)12-10-11-13(16(2,3)4)17(5,6)7/h9-12,15H2,1-8H3. The van der Waals surface area contributed by atoms with Crippen molar-refractivity contribution in [1.29, 1.82) is 0 Å². The van der Waals surface area contributed by atoms with Gasteiger partial charge in [0.1, 0.15) is 16.5 Å². The Kier molecular flexibility index (Phi) is 7.53. The van der Waals surface area contributed by atoms with Crippen molar-refractivity contribution in [2.45, 2.75) is 65.2 Å². The number of hydrogen-bond acceptors (Lipinski definition) is 2. The molecule has 0 radical (unpaired) electrons. The zero-order chi connectivity index (χ0) is 14.6. The van der Waals surface area contributed by atoms with E-state index in [1.54, 1.807) is 0 Å². The molecule has 0 aliphatic heterocycles. The Morgan fingerprint density at radius 2 is 1.39 bits per heavy atom. The molecule has 110 valence electrons. The Hall–Kier alpha value is 1.00. The van der Waals surface area contributed by atoms with E-state index in [2.05, 4.69) is 65.8 Å². The molecule has 0 saturated carbocycles. The van der Waals surface area contributed by atoms with Gasteiger partial charge in [-0.2, -0.15) is 0 Å². The van der Waals surface area contributed by atoms with Gasteiger partial charge in [-0.05, 0) is 32.5 Å². The van der Waals surface area contributed by atoms with Crippen LogP contribution in [0.25, 0.3) is 0 Å². The van der Waals surface area contributed by atoms with Crippen molar-refractivity contribution >= 4 is 33.2 Å². The summed E-state index contributed by atoms with van der Waals surface area (Å²) < 4.78 is 8.76. The van der Waals surface area contributed by atoms with Gasteiger partial charge in [-0.3, -0.25) is 0 Å². The molecule has 2 nitrogen and oxygen atoms in total. The van der Waals surface area contributed by atoms with Crippen LogP contribution in [0.3, 0.4) is 0 Å². The van der Waals surface area contributed by atoms with Crippen molar-refractivity contribution in [3.05, 3.63) is 0 Å². The van der Waals surface area contributed by atoms with Gasteiger partial charge in [-0.25, -0.2) is 0 Å². The highest BCUT2D eigenvalue weighted by Gasteiger charge is 2.34. The SMILES string of the molecule is CCO[Si](C)(P)CCCN([Si](C)(C)C)[Si](C)(C)C. The van der Waals surface area contributed by atoms with E-state index in [1.165, 1.54) is 19.0 Å². The Bertz CT molecular complexity index is 235. The van der Waals surface area contributed by atoms with Gasteiger partial charge in [0, 0.05) is 6.61 Å². The lowest BCUT2D eigenvalue weighted by atomic mass is 10.5. The normalized spacial score (nSPS) is 17.0. The Morgan fingerprint density at radius 3 is 1.72 bits per heavy atom. The maximum absolute atomic E-state index is 5.89. The second kappa shape index (κ2) is 7.14. The fourth-order valence-corrected chi connectivity index (χ4v) is 15.2. The zero-order valence-corrected chi connectivity index (χ0v) is 17.9. The summed E-state index contributed by atoms with van der Waals surface area (Å²) >= 11 is 0. The van der Waals surface area contributed by atoms with Crippen LogP contribution in [0, 0.1) is 0 Å². The van der Waals surface area contributed by atoms with Gasteiger partial charge in [0.05, 0.1) is 0 Å². The minimum absolute atomic E-state index is 0.859. The first kappa shape index (κ1) is 19.0. The largest absolute Gasteiger partial charge is 0.414 e. The predicted octanol–water partition coefficient (Wildman–Crippen LogP) is 4.33. The highest BCUT2D eigenvalue weighted by molar-refractivity contribution is 7.67. The van der Waals surface area contributed by atoms with Crippen LogP contribution in [-0.2, 0) is 4.43 Å². The fourth-order valence-electron chi connectivity index (χ4n) is 2.67. The van der Waals surface area contributed by atoms with Gasteiger partial charge < -0.3 is 8.66 Å². The zero-order valence-electron chi connectivity index (χ0n) is 13.8. The quantitative estimate of drug-likeness (QED) is 0.487. The molecule has 0 rings (SSSR count). The van der Waals surface area contributed by atoms with E-state index >= 15 is 0 Å². The number of nitrogens with zero attached hydrogens (tertiary/aromatic N) is 1. The Labute approximate surface area is 120 Å². The van der Waals surface area contributed by atoms with Crippen LogP contribution in [0.1, 0.15) is 13.3 Å². The Balaban J connectivity index is 4.39. The van der Waals surface area contributed by atoms with Gasteiger partial charge in [-0.15, -0.1) is 8.79 Å². The average Bonchev–Trinajstić information content (AvgIpc) is 2.07. The minimum Gasteiger partial charge on any atom is -0.414 e. The first-order chi connectivity index (χ1) is 7.90. The maximum atomic E-state index is 5.89. The predicted molar refractivity (Wildman–Crippen MR) is 95.8 cm³/mol. The van der Waals surface area contributed by atoms with E-state index in [1.807, 2.05) is 0 Å². The van der Waals surface area contributed by atoms with Gasteiger partial charge in [0.25, 0.3) is 0 Å². The van der Waals surface area contributed by atoms with Crippen LogP contribution in [0.15, 0.2) is 0 Å². The van der Waals surface area contributed by atoms with E-state index in [9.17, 15) is 0 Å². The summed E-state index contributed by atoms with van der Waals surface area (Å²) in [7, 11) is -0.814. The lowest BCUT2D eigenvalue weighted by Crippen LogP contribution is -2.59. The van der Waals surface area contributed by atoms with Gasteiger partial charge in [-0.1, -0.05) is 39.3 Å². The molecule has 0 bridgehead atoms. The third-order valence-electron chi connectivity index (χ3n) is 3.15. The molecule has 0 aromatic heterocycles. The van der Waals surface area contributed by atoms with Crippen LogP contribution in [-0.4, -0.2) is 41.8 Å². The molecular formula is C12H34NOPSi3. The molecule has 0 aliphatic rings. The molecule has 18 heavy (non-hydrogen) atoms. The van der Waals surface area contributed by atoms with Crippen molar-refractivity contribution in [2.75, 3.05) is 13.2 Å². The van der Waals surface area contributed by atoms with Crippen molar-refractivity contribution in [2.24, 2.45) is 0 Å². The van der Waals surface area contributed by atoms with Gasteiger partial charge in [0.2, 0.25) is 7.98 Å². The van der Waals surface area contributed by atoms with Crippen molar-refractivity contribution in [3.63, 3.8) is 0 Å². The van der Waals surface area contributed by atoms with Crippen molar-refractivity contribution < 1.29 is 4.43 Å². The molecule has 6 heteroatoms. The average molecular weight is 324 g/mol. The number of hydrogen-bond donors (Lipinski definition) is 0. The molecule has 0 heterocycles. The van der Waals surface area contributed by atoms with Crippen molar-refractivity contribution in [1.82, 2.24) is 4.23 Å². The topological polar surface area (TPSA) is 12.5 Å². The molecule has 0 aromatic rings. The lowest BCUT2D eigenvalue weighted by molar-refractivity contribution is 0.338. The molecule has 0 saturated heterocycles. The molecule has 0 aromatic carbocycles. The summed E-state index contributed by atoms with van der Waals surface area (Å²) in [6.45, 7) is 21.4. The van der Waals surface area contributed by atoms with Gasteiger partial charge in [0.15, 0.2) is 0 Å². The second-order valence-corrected chi connectivity index (χ2v) is 24.6. The van der Waals surface area contributed by atoms with E-state index in [0.29, 0.717) is 0 Å². The molecule has 0 N–H and O–H groups in total. The van der Waals surface area contributed by atoms with Crippen LogP contribution in [0.2, 0.25) is 51.9 Å². The summed E-state index contributed by atoms with van der Waals surface area (Å²) in [5.41, 5.74) is 0. The van der Waals surface area contributed by atoms with Crippen LogP contribution >= 0.6 is 8.79 Å². The van der Waals surface area contributed by atoms with Gasteiger partial charge >= 0.3 is 0 Å². The second-order valence-electron chi connectivity index (χ2n) is 7.34. The third-order valence-corrected chi connectivity index (χ3v) is 14.5. The Morgan fingerprint density at radius 1 is 0.944 bits per heavy atom. The molecule has 0 fully saturated rings. The molecule has 0 amide bonds. The van der Waals surface area contributed by atoms with E-state index in [0.717, 1.165) is 6.61 Å². The smallest absolute Gasteiger partial charge is 0.209 e. The molecule has 2 unspecified atom stereocenters. The van der Waals surface area contributed by atoms with Crippen LogP contribution in [0.4, 0.5) is 0 Å².